The molecule has 2 N–H and O–H groups in total. The number of benzene rings is 1. The summed E-state index contributed by atoms with van der Waals surface area (Å²) in [5.74, 6) is 0.0379. The van der Waals surface area contributed by atoms with Gasteiger partial charge in [0.25, 0.3) is 0 Å². The summed E-state index contributed by atoms with van der Waals surface area (Å²) in [5, 5.41) is 0. The summed E-state index contributed by atoms with van der Waals surface area (Å²) in [6, 6.07) is 9.48. The highest BCUT2D eigenvalue weighted by molar-refractivity contribution is 5.77. The van der Waals surface area contributed by atoms with E-state index >= 15 is 0 Å². The van der Waals surface area contributed by atoms with E-state index in [4.69, 9.17) is 10.5 Å². The Morgan fingerprint density at radius 2 is 2.00 bits per heavy atom. The third-order valence-electron chi connectivity index (χ3n) is 3.08. The second-order valence-corrected chi connectivity index (χ2v) is 4.53. The number of likely N-dealkylation sites (N-methyl/N-ethyl adjacent to an activating group) is 1. The molecule has 18 heavy (non-hydrogen) atoms. The first kappa shape index (κ1) is 14.7. The lowest BCUT2D eigenvalue weighted by atomic mass is 10.0. The molecule has 0 aliphatic rings. The van der Waals surface area contributed by atoms with Gasteiger partial charge in [-0.25, -0.2) is 0 Å². The topological polar surface area (TPSA) is 55.6 Å². The first-order valence-corrected chi connectivity index (χ1v) is 6.11. The lowest BCUT2D eigenvalue weighted by Gasteiger charge is -2.25. The van der Waals surface area contributed by atoms with Gasteiger partial charge in [0.05, 0.1) is 12.6 Å². The number of carbonyl (C=O) groups excluding carboxylic acids is 1. The molecule has 2 atom stereocenters. The van der Waals surface area contributed by atoms with E-state index in [-0.39, 0.29) is 18.0 Å². The molecule has 0 aliphatic carbocycles. The van der Waals surface area contributed by atoms with Gasteiger partial charge in [0.15, 0.2) is 0 Å². The van der Waals surface area contributed by atoms with E-state index in [2.05, 4.69) is 0 Å². The third kappa shape index (κ3) is 4.13. The number of carbonyl (C=O) groups is 1. The van der Waals surface area contributed by atoms with E-state index in [1.807, 2.05) is 37.3 Å². The fourth-order valence-corrected chi connectivity index (χ4v) is 1.75. The minimum Gasteiger partial charge on any atom is -0.383 e. The Hall–Kier alpha value is -1.39. The second kappa shape index (κ2) is 7.13. The summed E-state index contributed by atoms with van der Waals surface area (Å²) in [5.41, 5.74) is 7.01. The Labute approximate surface area is 109 Å². The second-order valence-electron chi connectivity index (χ2n) is 4.53. The molecule has 0 heterocycles. The summed E-state index contributed by atoms with van der Waals surface area (Å²) in [4.78, 5) is 13.7. The Balaban J connectivity index is 2.54. The zero-order valence-electron chi connectivity index (χ0n) is 11.3. The summed E-state index contributed by atoms with van der Waals surface area (Å²) < 4.78 is 5.04. The van der Waals surface area contributed by atoms with E-state index in [0.717, 1.165) is 5.56 Å². The fraction of sp³-hybridized carbons (Fsp3) is 0.500. The molecule has 0 spiro atoms. The number of hydrogen-bond donors (Lipinski definition) is 1. The zero-order chi connectivity index (χ0) is 13.5. The average molecular weight is 250 g/mol. The number of nitrogens with zero attached hydrogens (tertiary/aromatic N) is 1. The molecular weight excluding hydrogens is 228 g/mol. The summed E-state index contributed by atoms with van der Waals surface area (Å²) in [6.45, 7) is 2.48. The number of hydrogen-bond acceptors (Lipinski definition) is 3. The Morgan fingerprint density at radius 3 is 2.56 bits per heavy atom. The van der Waals surface area contributed by atoms with Crippen LogP contribution in [0.3, 0.4) is 0 Å². The smallest absolute Gasteiger partial charge is 0.224 e. The minimum atomic E-state index is -0.254. The van der Waals surface area contributed by atoms with Crippen molar-refractivity contribution in [3.05, 3.63) is 35.9 Å². The molecule has 4 heteroatoms. The van der Waals surface area contributed by atoms with Crippen LogP contribution in [0.1, 0.15) is 24.9 Å². The highest BCUT2D eigenvalue weighted by Gasteiger charge is 2.18. The van der Waals surface area contributed by atoms with Crippen LogP contribution in [0, 0.1) is 0 Å². The molecule has 4 nitrogen and oxygen atoms in total. The van der Waals surface area contributed by atoms with Gasteiger partial charge in [-0.1, -0.05) is 30.3 Å². The largest absolute Gasteiger partial charge is 0.383 e. The molecule has 0 radical (unpaired) electrons. The molecule has 0 aromatic heterocycles. The van der Waals surface area contributed by atoms with Crippen LogP contribution in [0.25, 0.3) is 0 Å². The summed E-state index contributed by atoms with van der Waals surface area (Å²) in [7, 11) is 3.41. The Morgan fingerprint density at radius 1 is 1.39 bits per heavy atom. The fourth-order valence-electron chi connectivity index (χ4n) is 1.75. The molecule has 100 valence electrons. The zero-order valence-corrected chi connectivity index (χ0v) is 11.3. The van der Waals surface area contributed by atoms with Gasteiger partial charge in [-0.3, -0.25) is 4.79 Å². The van der Waals surface area contributed by atoms with Crippen molar-refractivity contribution in [1.82, 2.24) is 4.90 Å². The molecule has 0 saturated carbocycles. The molecule has 0 aliphatic heterocycles. The van der Waals surface area contributed by atoms with Crippen LogP contribution < -0.4 is 5.73 Å². The Kier molecular flexibility index (Phi) is 5.82. The molecular formula is C14H22N2O2. The SMILES string of the molecule is COCC(C)N(C)C(=O)CC(N)c1ccccc1. The normalized spacial score (nSPS) is 14.0. The maximum Gasteiger partial charge on any atom is 0.224 e. The predicted molar refractivity (Wildman–Crippen MR) is 72.1 cm³/mol. The van der Waals surface area contributed by atoms with E-state index in [1.54, 1.807) is 19.1 Å². The van der Waals surface area contributed by atoms with Crippen molar-refractivity contribution in [2.75, 3.05) is 20.8 Å². The molecule has 1 aromatic carbocycles. The highest BCUT2D eigenvalue weighted by atomic mass is 16.5. The molecule has 0 saturated heterocycles. The van der Waals surface area contributed by atoms with Crippen molar-refractivity contribution in [1.29, 1.82) is 0 Å². The highest BCUT2D eigenvalue weighted by Crippen LogP contribution is 2.15. The van der Waals surface area contributed by atoms with Gasteiger partial charge < -0.3 is 15.4 Å². The third-order valence-corrected chi connectivity index (χ3v) is 3.08. The average Bonchev–Trinajstić information content (AvgIpc) is 2.39. The maximum absolute atomic E-state index is 12.0. The van der Waals surface area contributed by atoms with Gasteiger partial charge in [0, 0.05) is 26.6 Å². The quantitative estimate of drug-likeness (QED) is 0.833. The van der Waals surface area contributed by atoms with Crippen molar-refractivity contribution in [2.24, 2.45) is 5.73 Å². The van der Waals surface area contributed by atoms with Crippen LogP contribution in [-0.2, 0) is 9.53 Å². The molecule has 0 bridgehead atoms. The molecule has 0 fully saturated rings. The van der Waals surface area contributed by atoms with Crippen molar-refractivity contribution in [3.8, 4) is 0 Å². The lowest BCUT2D eigenvalue weighted by molar-refractivity contribution is -0.133. The van der Waals surface area contributed by atoms with Gasteiger partial charge in [-0.05, 0) is 12.5 Å². The maximum atomic E-state index is 12.0. The van der Waals surface area contributed by atoms with E-state index in [1.165, 1.54) is 0 Å². The lowest BCUT2D eigenvalue weighted by Crippen LogP contribution is -2.39. The molecule has 1 amide bonds. The van der Waals surface area contributed by atoms with Crippen molar-refractivity contribution >= 4 is 5.91 Å². The predicted octanol–water partition coefficient (Wildman–Crippen LogP) is 1.57. The number of methoxy groups -OCH3 is 1. The van der Waals surface area contributed by atoms with E-state index in [0.29, 0.717) is 13.0 Å². The minimum absolute atomic E-state index is 0.0379. The van der Waals surface area contributed by atoms with Gasteiger partial charge >= 0.3 is 0 Å². The van der Waals surface area contributed by atoms with Crippen LogP contribution in [-0.4, -0.2) is 37.6 Å². The monoisotopic (exact) mass is 250 g/mol. The first-order valence-electron chi connectivity index (χ1n) is 6.11. The number of amides is 1. The standard InChI is InChI=1S/C14H22N2O2/c1-11(10-18-3)16(2)14(17)9-13(15)12-7-5-4-6-8-12/h4-8,11,13H,9-10,15H2,1-3H3. The van der Waals surface area contributed by atoms with Gasteiger partial charge in [0.1, 0.15) is 0 Å². The van der Waals surface area contributed by atoms with Crippen LogP contribution >= 0.6 is 0 Å². The van der Waals surface area contributed by atoms with E-state index < -0.39 is 0 Å². The van der Waals surface area contributed by atoms with Crippen LogP contribution in [0.2, 0.25) is 0 Å². The van der Waals surface area contributed by atoms with Crippen LogP contribution in [0.5, 0.6) is 0 Å². The first-order chi connectivity index (χ1) is 8.56. The van der Waals surface area contributed by atoms with Gasteiger partial charge in [-0.15, -0.1) is 0 Å². The summed E-state index contributed by atoms with van der Waals surface area (Å²) >= 11 is 0. The van der Waals surface area contributed by atoms with Crippen molar-refractivity contribution in [2.45, 2.75) is 25.4 Å². The summed E-state index contributed by atoms with van der Waals surface area (Å²) in [6.07, 6.45) is 0.314. The Bertz CT molecular complexity index is 367. The molecule has 2 unspecified atom stereocenters. The number of ether oxygens (including phenoxy) is 1. The van der Waals surface area contributed by atoms with Crippen molar-refractivity contribution < 1.29 is 9.53 Å². The van der Waals surface area contributed by atoms with Gasteiger partial charge in [0.2, 0.25) is 5.91 Å². The van der Waals surface area contributed by atoms with Crippen LogP contribution in [0.4, 0.5) is 0 Å². The van der Waals surface area contributed by atoms with Crippen molar-refractivity contribution in [3.63, 3.8) is 0 Å². The number of rotatable bonds is 6. The van der Waals surface area contributed by atoms with E-state index in [9.17, 15) is 4.79 Å². The molecule has 1 rings (SSSR count). The number of nitrogens with two attached hydrogens (primary N) is 1. The van der Waals surface area contributed by atoms with Crippen LogP contribution in [0.15, 0.2) is 30.3 Å². The molecule has 1 aromatic rings. The van der Waals surface area contributed by atoms with Gasteiger partial charge in [-0.2, -0.15) is 0 Å².